The monoisotopic (exact) mass is 538 g/mol. The summed E-state index contributed by atoms with van der Waals surface area (Å²) in [6.45, 7) is 0.385. The Labute approximate surface area is 221 Å². The number of anilines is 2. The SMILES string of the molecule is O=C(O)Nc1ccc(C(=O)NC(Cc2cc[nH]n2)C(=O)N2CCC3(C2)OC(=O)Nc2ccc(Cl)cc23)cc1. The molecule has 3 heterocycles. The van der Waals surface area contributed by atoms with Crippen LogP contribution in [0.3, 0.4) is 0 Å². The molecule has 4 amide bonds. The number of nitrogens with zero attached hydrogens (tertiary/aromatic N) is 2. The van der Waals surface area contributed by atoms with Crippen molar-refractivity contribution in [3.63, 3.8) is 0 Å². The zero-order valence-electron chi connectivity index (χ0n) is 19.9. The summed E-state index contributed by atoms with van der Waals surface area (Å²) >= 11 is 6.21. The van der Waals surface area contributed by atoms with Crippen LogP contribution in [-0.2, 0) is 21.6 Å². The highest BCUT2D eigenvalue weighted by Crippen LogP contribution is 2.43. The number of halogens is 1. The number of aromatic amines is 1. The Morgan fingerprint density at radius 2 is 1.97 bits per heavy atom. The van der Waals surface area contributed by atoms with Crippen LogP contribution >= 0.6 is 11.6 Å². The summed E-state index contributed by atoms with van der Waals surface area (Å²) in [5.41, 5.74) is 1.31. The van der Waals surface area contributed by atoms with E-state index in [1.165, 1.54) is 24.3 Å². The van der Waals surface area contributed by atoms with Gasteiger partial charge in [0, 0.05) is 47.4 Å². The molecule has 2 aliphatic rings. The average Bonchev–Trinajstić information content (AvgIpc) is 3.54. The van der Waals surface area contributed by atoms with Crippen LogP contribution in [0.15, 0.2) is 54.7 Å². The maximum atomic E-state index is 13.7. The quantitative estimate of drug-likeness (QED) is 0.321. The van der Waals surface area contributed by atoms with Gasteiger partial charge in [0.2, 0.25) is 5.91 Å². The van der Waals surface area contributed by atoms with Gasteiger partial charge < -0.3 is 20.1 Å². The third kappa shape index (κ3) is 5.11. The minimum Gasteiger partial charge on any atom is -0.465 e. The molecule has 1 fully saturated rings. The number of nitrogens with one attached hydrogen (secondary N) is 4. The molecule has 0 aliphatic carbocycles. The second kappa shape index (κ2) is 10.1. The maximum Gasteiger partial charge on any atom is 0.412 e. The molecule has 0 radical (unpaired) electrons. The fourth-order valence-electron chi connectivity index (χ4n) is 4.75. The zero-order valence-corrected chi connectivity index (χ0v) is 20.6. The highest BCUT2D eigenvalue weighted by atomic mass is 35.5. The van der Waals surface area contributed by atoms with Crippen LogP contribution in [0.1, 0.15) is 28.0 Å². The van der Waals surface area contributed by atoms with Gasteiger partial charge in [0.15, 0.2) is 5.60 Å². The van der Waals surface area contributed by atoms with Gasteiger partial charge in [-0.15, -0.1) is 0 Å². The van der Waals surface area contributed by atoms with E-state index in [0.717, 1.165) is 0 Å². The molecule has 38 heavy (non-hydrogen) atoms. The lowest BCUT2D eigenvalue weighted by Gasteiger charge is -2.35. The molecule has 3 aromatic rings. The molecular weight excluding hydrogens is 516 g/mol. The van der Waals surface area contributed by atoms with Crippen LogP contribution in [0.5, 0.6) is 0 Å². The number of likely N-dealkylation sites (tertiary alicyclic amines) is 1. The average molecular weight is 539 g/mol. The van der Waals surface area contributed by atoms with Crippen molar-refractivity contribution in [2.45, 2.75) is 24.5 Å². The minimum absolute atomic E-state index is 0.0923. The molecule has 1 saturated heterocycles. The number of amides is 4. The second-order valence-corrected chi connectivity index (χ2v) is 9.45. The van der Waals surface area contributed by atoms with E-state index in [9.17, 15) is 19.2 Å². The van der Waals surface area contributed by atoms with Gasteiger partial charge in [-0.2, -0.15) is 5.10 Å². The molecule has 2 aliphatic heterocycles. The number of aromatic nitrogens is 2. The van der Waals surface area contributed by atoms with E-state index in [1.54, 1.807) is 35.4 Å². The lowest BCUT2D eigenvalue weighted by molar-refractivity contribution is -0.133. The van der Waals surface area contributed by atoms with Crippen LogP contribution in [0.2, 0.25) is 5.02 Å². The molecule has 0 saturated carbocycles. The molecule has 5 rings (SSSR count). The van der Waals surface area contributed by atoms with Gasteiger partial charge in [0.25, 0.3) is 5.91 Å². The summed E-state index contributed by atoms with van der Waals surface area (Å²) in [6, 6.07) is 11.6. The number of hydrogen-bond acceptors (Lipinski definition) is 6. The third-order valence-corrected chi connectivity index (χ3v) is 6.75. The largest absolute Gasteiger partial charge is 0.465 e. The fraction of sp³-hybridized carbons (Fsp3) is 0.240. The predicted molar refractivity (Wildman–Crippen MR) is 136 cm³/mol. The highest BCUT2D eigenvalue weighted by Gasteiger charge is 2.49. The van der Waals surface area contributed by atoms with E-state index in [2.05, 4.69) is 26.1 Å². The number of ether oxygens (including phenoxy) is 1. The lowest BCUT2D eigenvalue weighted by Crippen LogP contribution is -2.50. The molecule has 2 aromatic carbocycles. The number of benzene rings is 2. The Morgan fingerprint density at radius 1 is 1.18 bits per heavy atom. The topological polar surface area (TPSA) is 166 Å². The smallest absolute Gasteiger partial charge is 0.412 e. The van der Waals surface area contributed by atoms with Gasteiger partial charge in [-0.25, -0.2) is 9.59 Å². The fourth-order valence-corrected chi connectivity index (χ4v) is 4.92. The number of fused-ring (bicyclic) bond motifs is 2. The van der Waals surface area contributed by atoms with Gasteiger partial charge in [0.05, 0.1) is 17.9 Å². The van der Waals surface area contributed by atoms with E-state index in [0.29, 0.717) is 40.6 Å². The summed E-state index contributed by atoms with van der Waals surface area (Å²) in [5.74, 6) is -0.874. The first-order valence-electron chi connectivity index (χ1n) is 11.7. The minimum atomic E-state index is -1.22. The standard InChI is InChI=1S/C25H23ClN6O6/c26-15-3-6-19-18(11-15)25(38-24(37)30-19)8-10-32(13-25)22(34)20(12-17-7-9-27-31-17)29-21(33)14-1-4-16(5-2-14)28-23(35)36/h1-7,9,11,20,28H,8,10,12-13H2,(H,27,31)(H,29,33)(H,30,37)(H,35,36). The van der Waals surface area contributed by atoms with Gasteiger partial charge >= 0.3 is 12.2 Å². The van der Waals surface area contributed by atoms with Gasteiger partial charge in [-0.05, 0) is 48.5 Å². The first kappa shape index (κ1) is 25.1. The molecule has 1 aromatic heterocycles. The van der Waals surface area contributed by atoms with Crippen molar-refractivity contribution in [1.82, 2.24) is 20.4 Å². The van der Waals surface area contributed by atoms with Gasteiger partial charge in [0.1, 0.15) is 6.04 Å². The van der Waals surface area contributed by atoms with Crippen molar-refractivity contribution in [3.05, 3.63) is 76.6 Å². The number of carbonyl (C=O) groups excluding carboxylic acids is 3. The number of rotatable bonds is 6. The van der Waals surface area contributed by atoms with E-state index >= 15 is 0 Å². The van der Waals surface area contributed by atoms with Crippen molar-refractivity contribution in [1.29, 1.82) is 0 Å². The molecule has 13 heteroatoms. The molecule has 1 spiro atoms. The second-order valence-electron chi connectivity index (χ2n) is 9.01. The summed E-state index contributed by atoms with van der Waals surface area (Å²) in [4.78, 5) is 51.4. The summed E-state index contributed by atoms with van der Waals surface area (Å²) in [6.07, 6.45) is 0.268. The van der Waals surface area contributed by atoms with Crippen LogP contribution in [0, 0.1) is 0 Å². The predicted octanol–water partition coefficient (Wildman–Crippen LogP) is 3.18. The number of hydrogen-bond donors (Lipinski definition) is 5. The maximum absolute atomic E-state index is 13.7. The third-order valence-electron chi connectivity index (χ3n) is 6.51. The van der Waals surface area contributed by atoms with E-state index in [1.807, 2.05) is 0 Å². The first-order valence-corrected chi connectivity index (χ1v) is 12.1. The molecular formula is C25H23ClN6O6. The van der Waals surface area contributed by atoms with Crippen molar-refractivity contribution in [3.8, 4) is 0 Å². The van der Waals surface area contributed by atoms with Crippen molar-refractivity contribution < 1.29 is 29.0 Å². The van der Waals surface area contributed by atoms with Crippen LogP contribution < -0.4 is 16.0 Å². The van der Waals surface area contributed by atoms with Gasteiger partial charge in [-0.3, -0.25) is 25.3 Å². The molecule has 2 unspecified atom stereocenters. The molecule has 2 atom stereocenters. The lowest BCUT2D eigenvalue weighted by atomic mass is 9.90. The summed E-state index contributed by atoms with van der Waals surface area (Å²) in [7, 11) is 0. The Bertz CT molecular complexity index is 1400. The number of carboxylic acid groups (broad SMARTS) is 1. The summed E-state index contributed by atoms with van der Waals surface area (Å²) in [5, 5.41) is 23.8. The van der Waals surface area contributed by atoms with Crippen molar-refractivity contribution in [2.75, 3.05) is 23.7 Å². The van der Waals surface area contributed by atoms with Crippen LogP contribution in [0.4, 0.5) is 21.0 Å². The Morgan fingerprint density at radius 3 is 2.68 bits per heavy atom. The molecule has 196 valence electrons. The number of carbonyl (C=O) groups is 4. The van der Waals surface area contributed by atoms with E-state index in [4.69, 9.17) is 21.4 Å². The van der Waals surface area contributed by atoms with E-state index in [-0.39, 0.29) is 24.4 Å². The molecule has 5 N–H and O–H groups in total. The normalized spacial score (nSPS) is 18.8. The molecule has 0 bridgehead atoms. The Kier molecular flexibility index (Phi) is 6.64. The van der Waals surface area contributed by atoms with Crippen LogP contribution in [-0.4, -0.2) is 63.3 Å². The van der Waals surface area contributed by atoms with Gasteiger partial charge in [-0.1, -0.05) is 11.6 Å². The highest BCUT2D eigenvalue weighted by molar-refractivity contribution is 6.30. The number of H-pyrrole nitrogens is 1. The Hall–Kier alpha value is -4.58. The van der Waals surface area contributed by atoms with Crippen molar-refractivity contribution in [2.24, 2.45) is 0 Å². The van der Waals surface area contributed by atoms with E-state index < -0.39 is 29.7 Å². The van der Waals surface area contributed by atoms with Crippen LogP contribution in [0.25, 0.3) is 0 Å². The zero-order chi connectivity index (χ0) is 26.9. The Balaban J connectivity index is 1.36. The molecule has 12 nitrogen and oxygen atoms in total. The first-order chi connectivity index (χ1) is 18.2. The summed E-state index contributed by atoms with van der Waals surface area (Å²) < 4.78 is 5.72. The van der Waals surface area contributed by atoms with Crippen molar-refractivity contribution >= 4 is 47.0 Å².